The standard InChI is InChI=1S/C20H21Cl2N3O5S/c1-13-7-8-24(31(29,30)17-11-15(21)10-16(22)12-17)25(13)20(28)23-18(19(26)27)9-14-5-3-2-4-6-14/h2-6,10-13,18H,7-9H2,1H3,(H,23,28)(H,26,27)/t13-,18-/m0/s1. The number of halogens is 2. The lowest BCUT2D eigenvalue weighted by Gasteiger charge is -2.31. The van der Waals surface area contributed by atoms with Crippen molar-refractivity contribution in [2.24, 2.45) is 0 Å². The van der Waals surface area contributed by atoms with Gasteiger partial charge in [-0.1, -0.05) is 53.5 Å². The molecule has 1 saturated heterocycles. The van der Waals surface area contributed by atoms with Crippen molar-refractivity contribution in [1.29, 1.82) is 0 Å². The molecule has 0 spiro atoms. The van der Waals surface area contributed by atoms with Gasteiger partial charge in [0.25, 0.3) is 10.0 Å². The number of carboxylic acid groups (broad SMARTS) is 1. The second-order valence-electron chi connectivity index (χ2n) is 7.17. The van der Waals surface area contributed by atoms with Gasteiger partial charge in [0, 0.05) is 29.1 Å². The molecular weight excluding hydrogens is 465 g/mol. The van der Waals surface area contributed by atoms with E-state index >= 15 is 0 Å². The number of rotatable bonds is 6. The van der Waals surface area contributed by atoms with Gasteiger partial charge < -0.3 is 10.4 Å². The third-order valence-corrected chi connectivity index (χ3v) is 7.08. The maximum Gasteiger partial charge on any atom is 0.333 e. The van der Waals surface area contributed by atoms with Crippen molar-refractivity contribution in [2.45, 2.75) is 36.7 Å². The van der Waals surface area contributed by atoms with E-state index < -0.39 is 34.1 Å². The topological polar surface area (TPSA) is 107 Å². The van der Waals surface area contributed by atoms with Crippen LogP contribution in [0.2, 0.25) is 10.0 Å². The van der Waals surface area contributed by atoms with Crippen LogP contribution in [0.25, 0.3) is 0 Å². The van der Waals surface area contributed by atoms with Crippen molar-refractivity contribution in [3.63, 3.8) is 0 Å². The zero-order valence-corrected chi connectivity index (χ0v) is 18.9. The summed E-state index contributed by atoms with van der Waals surface area (Å²) in [5, 5.41) is 13.3. The van der Waals surface area contributed by atoms with Gasteiger partial charge >= 0.3 is 12.0 Å². The summed E-state index contributed by atoms with van der Waals surface area (Å²) in [6, 6.07) is 10.2. The number of amides is 2. The van der Waals surface area contributed by atoms with Gasteiger partial charge in [0.15, 0.2) is 0 Å². The third kappa shape index (κ3) is 5.30. The molecule has 2 amide bonds. The maximum atomic E-state index is 13.2. The number of carboxylic acids is 1. The Morgan fingerprint density at radius 1 is 1.16 bits per heavy atom. The number of benzene rings is 2. The Kier molecular flexibility index (Phi) is 7.10. The van der Waals surface area contributed by atoms with Gasteiger partial charge in [0.2, 0.25) is 0 Å². The van der Waals surface area contributed by atoms with E-state index in [1.165, 1.54) is 18.2 Å². The van der Waals surface area contributed by atoms with E-state index in [0.29, 0.717) is 6.42 Å². The van der Waals surface area contributed by atoms with Crippen LogP contribution in [-0.4, -0.2) is 53.6 Å². The Bertz CT molecular complexity index is 1060. The molecule has 8 nitrogen and oxygen atoms in total. The molecule has 0 aromatic heterocycles. The van der Waals surface area contributed by atoms with E-state index in [1.807, 2.05) is 0 Å². The molecule has 0 aliphatic carbocycles. The molecule has 0 bridgehead atoms. The fourth-order valence-electron chi connectivity index (χ4n) is 3.35. The fraction of sp³-hybridized carbons (Fsp3) is 0.300. The first-order chi connectivity index (χ1) is 14.6. The number of carbonyl (C=O) groups is 2. The number of urea groups is 1. The SMILES string of the molecule is C[C@H]1CCN(S(=O)(=O)c2cc(Cl)cc(Cl)c2)N1C(=O)N[C@@H](Cc1ccccc1)C(=O)O. The summed E-state index contributed by atoms with van der Waals surface area (Å²) in [5.41, 5.74) is 0.725. The van der Waals surface area contributed by atoms with Crippen LogP contribution in [-0.2, 0) is 21.2 Å². The van der Waals surface area contributed by atoms with Crippen molar-refractivity contribution in [2.75, 3.05) is 6.54 Å². The van der Waals surface area contributed by atoms with Gasteiger partial charge in [-0.3, -0.25) is 0 Å². The smallest absolute Gasteiger partial charge is 0.333 e. The Labute approximate surface area is 190 Å². The lowest BCUT2D eigenvalue weighted by molar-refractivity contribution is -0.139. The number of aliphatic carboxylic acids is 1. The van der Waals surface area contributed by atoms with Crippen LogP contribution in [0, 0.1) is 0 Å². The molecule has 1 heterocycles. The predicted octanol–water partition coefficient (Wildman–Crippen LogP) is 3.40. The molecular formula is C20H21Cl2N3O5S. The molecule has 0 radical (unpaired) electrons. The monoisotopic (exact) mass is 485 g/mol. The quantitative estimate of drug-likeness (QED) is 0.651. The van der Waals surface area contributed by atoms with Gasteiger partial charge in [-0.15, -0.1) is 4.41 Å². The van der Waals surface area contributed by atoms with Crippen LogP contribution in [0.3, 0.4) is 0 Å². The Balaban J connectivity index is 1.85. The van der Waals surface area contributed by atoms with E-state index in [9.17, 15) is 23.1 Å². The highest BCUT2D eigenvalue weighted by Gasteiger charge is 2.42. The van der Waals surface area contributed by atoms with Crippen LogP contribution in [0.15, 0.2) is 53.4 Å². The van der Waals surface area contributed by atoms with E-state index in [0.717, 1.165) is 15.0 Å². The molecule has 31 heavy (non-hydrogen) atoms. The molecule has 2 aromatic carbocycles. The molecule has 2 aromatic rings. The van der Waals surface area contributed by atoms with Crippen molar-refractivity contribution < 1.29 is 23.1 Å². The second-order valence-corrected chi connectivity index (χ2v) is 9.88. The van der Waals surface area contributed by atoms with Crippen molar-refractivity contribution >= 4 is 45.2 Å². The number of hydrogen-bond acceptors (Lipinski definition) is 4. The van der Waals surface area contributed by atoms with Gasteiger partial charge in [-0.25, -0.2) is 23.0 Å². The van der Waals surface area contributed by atoms with Gasteiger partial charge in [-0.2, -0.15) is 0 Å². The molecule has 2 atom stereocenters. The molecule has 0 saturated carbocycles. The highest BCUT2D eigenvalue weighted by atomic mass is 35.5. The zero-order valence-electron chi connectivity index (χ0n) is 16.5. The normalized spacial score (nSPS) is 18.0. The summed E-state index contributed by atoms with van der Waals surface area (Å²) in [6.45, 7) is 1.74. The maximum absolute atomic E-state index is 13.2. The number of sulfonamides is 1. The molecule has 2 N–H and O–H groups in total. The second kappa shape index (κ2) is 9.44. The first-order valence-corrected chi connectivity index (χ1v) is 11.6. The Morgan fingerprint density at radius 2 is 1.77 bits per heavy atom. The summed E-state index contributed by atoms with van der Waals surface area (Å²) < 4.78 is 27.3. The first kappa shape index (κ1) is 23.3. The summed E-state index contributed by atoms with van der Waals surface area (Å²) in [5.74, 6) is -1.22. The van der Waals surface area contributed by atoms with E-state index in [1.54, 1.807) is 37.3 Å². The largest absolute Gasteiger partial charge is 0.480 e. The third-order valence-electron chi connectivity index (χ3n) is 4.89. The molecule has 11 heteroatoms. The van der Waals surface area contributed by atoms with Gasteiger partial charge in [-0.05, 0) is 37.1 Å². The summed E-state index contributed by atoms with van der Waals surface area (Å²) >= 11 is 11.9. The highest BCUT2D eigenvalue weighted by Crippen LogP contribution is 2.30. The van der Waals surface area contributed by atoms with E-state index in [-0.39, 0.29) is 27.9 Å². The minimum atomic E-state index is -4.14. The summed E-state index contributed by atoms with van der Waals surface area (Å²) in [6.07, 6.45) is 0.443. The van der Waals surface area contributed by atoms with Gasteiger partial charge in [0.1, 0.15) is 6.04 Å². The molecule has 1 fully saturated rings. The Hall–Kier alpha value is -2.33. The van der Waals surface area contributed by atoms with Crippen LogP contribution >= 0.6 is 23.2 Å². The molecule has 166 valence electrons. The number of nitrogens with one attached hydrogen (secondary N) is 1. The van der Waals surface area contributed by atoms with E-state index in [2.05, 4.69) is 5.32 Å². The molecule has 3 rings (SSSR count). The Morgan fingerprint density at radius 3 is 2.35 bits per heavy atom. The summed E-state index contributed by atoms with van der Waals surface area (Å²) in [7, 11) is -4.14. The lowest BCUT2D eigenvalue weighted by atomic mass is 10.1. The average molecular weight is 486 g/mol. The molecule has 1 aliphatic heterocycles. The van der Waals surface area contributed by atoms with Crippen LogP contribution < -0.4 is 5.32 Å². The number of carbonyl (C=O) groups excluding carboxylic acids is 1. The minimum absolute atomic E-state index is 0.0531. The van der Waals surface area contributed by atoms with Crippen LogP contribution in [0.1, 0.15) is 18.9 Å². The van der Waals surface area contributed by atoms with Crippen LogP contribution in [0.4, 0.5) is 4.79 Å². The number of hydrogen-bond donors (Lipinski definition) is 2. The predicted molar refractivity (Wildman–Crippen MR) is 116 cm³/mol. The van der Waals surface area contributed by atoms with Crippen molar-refractivity contribution in [3.8, 4) is 0 Å². The number of hydrazine groups is 1. The average Bonchev–Trinajstić information content (AvgIpc) is 3.09. The minimum Gasteiger partial charge on any atom is -0.480 e. The van der Waals surface area contributed by atoms with Crippen molar-refractivity contribution in [1.82, 2.24) is 14.7 Å². The number of nitrogens with zero attached hydrogens (tertiary/aromatic N) is 2. The highest BCUT2D eigenvalue weighted by molar-refractivity contribution is 7.89. The molecule has 1 aliphatic rings. The lowest BCUT2D eigenvalue weighted by Crippen LogP contribution is -2.55. The zero-order chi connectivity index (χ0) is 22.8. The van der Waals surface area contributed by atoms with Crippen molar-refractivity contribution in [3.05, 3.63) is 64.1 Å². The summed E-state index contributed by atoms with van der Waals surface area (Å²) in [4.78, 5) is 24.5. The molecule has 0 unspecified atom stereocenters. The van der Waals surface area contributed by atoms with Crippen LogP contribution in [0.5, 0.6) is 0 Å². The first-order valence-electron chi connectivity index (χ1n) is 9.45. The van der Waals surface area contributed by atoms with Gasteiger partial charge in [0.05, 0.1) is 4.90 Å². The van der Waals surface area contributed by atoms with E-state index in [4.69, 9.17) is 23.2 Å². The fourth-order valence-corrected chi connectivity index (χ4v) is 5.61.